The minimum atomic E-state index is 0.750. The maximum atomic E-state index is 5.37. The lowest BCUT2D eigenvalue weighted by Gasteiger charge is -2.18. The van der Waals surface area contributed by atoms with Crippen molar-refractivity contribution in [3.8, 4) is 0 Å². The van der Waals surface area contributed by atoms with Gasteiger partial charge in [-0.25, -0.2) is 0 Å². The third kappa shape index (κ3) is 0.929. The maximum Gasteiger partial charge on any atom is 0.127 e. The Hall–Kier alpha value is -1.24. The summed E-state index contributed by atoms with van der Waals surface area (Å²) in [5, 5.41) is 0. The highest BCUT2D eigenvalue weighted by Gasteiger charge is 2.15. The zero-order valence-corrected chi connectivity index (χ0v) is 6.50. The van der Waals surface area contributed by atoms with Crippen LogP contribution in [0.5, 0.6) is 0 Å². The molecule has 0 atom stereocenters. The number of benzene rings is 1. The van der Waals surface area contributed by atoms with Gasteiger partial charge in [-0.1, -0.05) is 24.3 Å². The van der Waals surface area contributed by atoms with Gasteiger partial charge in [0.2, 0.25) is 0 Å². The van der Waals surface area contributed by atoms with Crippen LogP contribution in [0.25, 0.3) is 11.8 Å². The molecule has 0 aliphatic heterocycles. The van der Waals surface area contributed by atoms with Gasteiger partial charge in [-0.2, -0.15) is 0 Å². The molecule has 0 saturated carbocycles. The summed E-state index contributed by atoms with van der Waals surface area (Å²) in [5.41, 5.74) is 2.53. The molecule has 2 rings (SSSR count). The Morgan fingerprint density at radius 3 is 2.82 bits per heavy atom. The zero-order valence-electron chi connectivity index (χ0n) is 6.50. The summed E-state index contributed by atoms with van der Waals surface area (Å²) in [6.45, 7) is 2.75. The van der Waals surface area contributed by atoms with Crippen LogP contribution in [0.15, 0.2) is 24.3 Å². The molecule has 0 heterocycles. The number of rotatable bonds is 2. The summed E-state index contributed by atoms with van der Waals surface area (Å²) in [7, 11) is 0. The van der Waals surface area contributed by atoms with Crippen molar-refractivity contribution in [2.45, 2.75) is 6.92 Å². The Balaban J connectivity index is 2.24. The van der Waals surface area contributed by atoms with Gasteiger partial charge >= 0.3 is 0 Å². The molecule has 1 aromatic rings. The number of fused-ring (bicyclic) bond motifs is 1. The van der Waals surface area contributed by atoms with E-state index in [-0.39, 0.29) is 0 Å². The molecule has 0 saturated heterocycles. The molecule has 0 bridgehead atoms. The highest BCUT2D eigenvalue weighted by atomic mass is 16.5. The van der Waals surface area contributed by atoms with Crippen LogP contribution < -0.4 is 0 Å². The molecule has 0 radical (unpaired) electrons. The first-order chi connectivity index (χ1) is 5.42. The van der Waals surface area contributed by atoms with E-state index in [1.165, 1.54) is 11.1 Å². The first-order valence-corrected chi connectivity index (χ1v) is 3.85. The van der Waals surface area contributed by atoms with Crippen molar-refractivity contribution >= 4 is 11.8 Å². The van der Waals surface area contributed by atoms with E-state index in [1.54, 1.807) is 0 Å². The maximum absolute atomic E-state index is 5.37. The van der Waals surface area contributed by atoms with Crippen molar-refractivity contribution in [1.29, 1.82) is 0 Å². The molecular weight excluding hydrogens is 136 g/mol. The first-order valence-electron chi connectivity index (χ1n) is 3.85. The molecule has 11 heavy (non-hydrogen) atoms. The minimum absolute atomic E-state index is 0.750. The van der Waals surface area contributed by atoms with E-state index in [0.717, 1.165) is 12.4 Å². The van der Waals surface area contributed by atoms with Crippen LogP contribution >= 0.6 is 0 Å². The normalized spacial score (nSPS) is 13.0. The largest absolute Gasteiger partial charge is 0.493 e. The molecule has 0 N–H and O–H groups in total. The second-order valence-corrected chi connectivity index (χ2v) is 2.53. The van der Waals surface area contributed by atoms with Crippen molar-refractivity contribution in [2.24, 2.45) is 0 Å². The first kappa shape index (κ1) is 6.47. The number of hydrogen-bond acceptors (Lipinski definition) is 1. The smallest absolute Gasteiger partial charge is 0.127 e. The van der Waals surface area contributed by atoms with Gasteiger partial charge in [0.05, 0.1) is 6.61 Å². The van der Waals surface area contributed by atoms with Gasteiger partial charge in [0.1, 0.15) is 5.76 Å². The van der Waals surface area contributed by atoms with E-state index in [0.29, 0.717) is 0 Å². The molecule has 1 heteroatoms. The standard InChI is InChI=1S/C10H10O/c1-2-11-10-7-8-5-3-4-6-9(8)10/h3-7H,2H2,1H3. The van der Waals surface area contributed by atoms with E-state index in [1.807, 2.05) is 19.1 Å². The predicted octanol–water partition coefficient (Wildman–Crippen LogP) is 2.53. The highest BCUT2D eigenvalue weighted by molar-refractivity contribution is 5.91. The summed E-state index contributed by atoms with van der Waals surface area (Å²) >= 11 is 0. The predicted molar refractivity (Wildman–Crippen MR) is 45.9 cm³/mol. The molecule has 1 nitrogen and oxygen atoms in total. The Kier molecular flexibility index (Phi) is 1.42. The van der Waals surface area contributed by atoms with Crippen LogP contribution in [0.3, 0.4) is 0 Å². The average molecular weight is 146 g/mol. The third-order valence-corrected chi connectivity index (χ3v) is 1.81. The van der Waals surface area contributed by atoms with Gasteiger partial charge in [-0.15, -0.1) is 0 Å². The zero-order chi connectivity index (χ0) is 7.68. The van der Waals surface area contributed by atoms with E-state index in [4.69, 9.17) is 4.74 Å². The molecule has 0 fully saturated rings. The lowest BCUT2D eigenvalue weighted by atomic mass is 9.96. The van der Waals surface area contributed by atoms with Gasteiger partial charge in [-0.05, 0) is 18.6 Å². The van der Waals surface area contributed by atoms with Crippen LogP contribution in [0, 0.1) is 0 Å². The fourth-order valence-corrected chi connectivity index (χ4v) is 1.26. The van der Waals surface area contributed by atoms with Crippen molar-refractivity contribution in [2.75, 3.05) is 6.61 Å². The monoisotopic (exact) mass is 146 g/mol. The van der Waals surface area contributed by atoms with Crippen LogP contribution in [0.4, 0.5) is 0 Å². The lowest BCUT2D eigenvalue weighted by Crippen LogP contribution is -2.01. The topological polar surface area (TPSA) is 9.23 Å². The molecule has 1 aliphatic carbocycles. The summed E-state index contributed by atoms with van der Waals surface area (Å²) in [6.07, 6.45) is 2.07. The molecular formula is C10H10O. The van der Waals surface area contributed by atoms with E-state index < -0.39 is 0 Å². The average Bonchev–Trinajstić information content (AvgIpc) is 2.01. The molecule has 1 aromatic carbocycles. The fraction of sp³-hybridized carbons (Fsp3) is 0.200. The molecule has 0 aromatic heterocycles. The molecule has 0 spiro atoms. The Labute approximate surface area is 66.3 Å². The summed E-state index contributed by atoms with van der Waals surface area (Å²) in [4.78, 5) is 0. The van der Waals surface area contributed by atoms with Crippen molar-refractivity contribution < 1.29 is 4.74 Å². The van der Waals surface area contributed by atoms with Gasteiger partial charge in [-0.3, -0.25) is 0 Å². The molecule has 56 valence electrons. The fourth-order valence-electron chi connectivity index (χ4n) is 1.26. The second-order valence-electron chi connectivity index (χ2n) is 2.53. The Bertz CT molecular complexity index is 299. The summed E-state index contributed by atoms with van der Waals surface area (Å²) in [5.74, 6) is 1.03. The molecule has 0 amide bonds. The van der Waals surface area contributed by atoms with Gasteiger partial charge < -0.3 is 4.74 Å². The third-order valence-electron chi connectivity index (χ3n) is 1.81. The van der Waals surface area contributed by atoms with E-state index in [9.17, 15) is 0 Å². The SMILES string of the molecule is CCOC1=Cc2ccccc21. The Morgan fingerprint density at radius 2 is 2.09 bits per heavy atom. The van der Waals surface area contributed by atoms with E-state index >= 15 is 0 Å². The van der Waals surface area contributed by atoms with Crippen molar-refractivity contribution in [1.82, 2.24) is 0 Å². The molecule has 1 aliphatic rings. The van der Waals surface area contributed by atoms with Crippen LogP contribution in [0.1, 0.15) is 18.1 Å². The van der Waals surface area contributed by atoms with Gasteiger partial charge in [0, 0.05) is 5.56 Å². The summed E-state index contributed by atoms with van der Waals surface area (Å²) in [6, 6.07) is 8.25. The van der Waals surface area contributed by atoms with Crippen LogP contribution in [-0.4, -0.2) is 6.61 Å². The molecule has 0 unspecified atom stereocenters. The number of ether oxygens (including phenoxy) is 1. The van der Waals surface area contributed by atoms with Crippen LogP contribution in [-0.2, 0) is 4.74 Å². The van der Waals surface area contributed by atoms with Gasteiger partial charge in [0.15, 0.2) is 0 Å². The lowest BCUT2D eigenvalue weighted by molar-refractivity contribution is 0.298. The second kappa shape index (κ2) is 2.42. The van der Waals surface area contributed by atoms with Crippen LogP contribution in [0.2, 0.25) is 0 Å². The quantitative estimate of drug-likeness (QED) is 0.623. The highest BCUT2D eigenvalue weighted by Crippen LogP contribution is 2.32. The van der Waals surface area contributed by atoms with Crippen molar-refractivity contribution in [3.05, 3.63) is 35.4 Å². The number of hydrogen-bond donors (Lipinski definition) is 0. The van der Waals surface area contributed by atoms with E-state index in [2.05, 4.69) is 18.2 Å². The minimum Gasteiger partial charge on any atom is -0.493 e. The Morgan fingerprint density at radius 1 is 1.27 bits per heavy atom. The summed E-state index contributed by atoms with van der Waals surface area (Å²) < 4.78 is 5.37. The van der Waals surface area contributed by atoms with Gasteiger partial charge in [0.25, 0.3) is 0 Å². The van der Waals surface area contributed by atoms with Crippen molar-refractivity contribution in [3.63, 3.8) is 0 Å².